The Balaban J connectivity index is 1.61. The Hall–Kier alpha value is -3.46. The third-order valence-corrected chi connectivity index (χ3v) is 6.18. The lowest BCUT2D eigenvalue weighted by molar-refractivity contribution is -0.122. The van der Waals surface area contributed by atoms with Gasteiger partial charge in [-0.2, -0.15) is 0 Å². The number of anilines is 1. The number of ether oxygens (including phenoxy) is 2. The third kappa shape index (κ3) is 5.51. The molecule has 0 unspecified atom stereocenters. The molecule has 2 amide bonds. The first-order valence-electron chi connectivity index (χ1n) is 10.8. The van der Waals surface area contributed by atoms with Gasteiger partial charge in [-0.1, -0.05) is 47.5 Å². The minimum atomic E-state index is -0.744. The van der Waals surface area contributed by atoms with Crippen molar-refractivity contribution in [3.63, 3.8) is 0 Å². The summed E-state index contributed by atoms with van der Waals surface area (Å²) in [4.78, 5) is 26.7. The monoisotopic (exact) mass is 544 g/mol. The molecular formula is C26H19Cl2FN2O4S. The summed E-state index contributed by atoms with van der Waals surface area (Å²) in [6.45, 7) is 2.39. The minimum Gasteiger partial charge on any atom is -0.490 e. The lowest BCUT2D eigenvalue weighted by Gasteiger charge is -2.29. The van der Waals surface area contributed by atoms with Crippen LogP contribution in [0.3, 0.4) is 0 Å². The van der Waals surface area contributed by atoms with Crippen molar-refractivity contribution in [2.45, 2.75) is 13.5 Å². The van der Waals surface area contributed by atoms with E-state index >= 15 is 0 Å². The highest BCUT2D eigenvalue weighted by molar-refractivity contribution is 7.80. The summed E-state index contributed by atoms with van der Waals surface area (Å²) < 4.78 is 26.0. The molecule has 6 nitrogen and oxygen atoms in total. The summed E-state index contributed by atoms with van der Waals surface area (Å²) in [6, 6.07) is 15.8. The van der Waals surface area contributed by atoms with Gasteiger partial charge in [-0.05, 0) is 72.7 Å². The first kappa shape index (κ1) is 25.6. The Morgan fingerprint density at radius 1 is 1.00 bits per heavy atom. The molecular weight excluding hydrogens is 526 g/mol. The van der Waals surface area contributed by atoms with Crippen molar-refractivity contribution in [2.75, 3.05) is 11.5 Å². The predicted molar refractivity (Wildman–Crippen MR) is 141 cm³/mol. The fourth-order valence-electron chi connectivity index (χ4n) is 3.47. The SMILES string of the molecule is CCOc1cc(/C=C2\C(=O)NC(=S)N(c3ccccc3F)C2=O)ccc1OCc1ccc(Cl)c(Cl)c1. The van der Waals surface area contributed by atoms with Gasteiger partial charge in [0.25, 0.3) is 11.8 Å². The molecule has 10 heteroatoms. The van der Waals surface area contributed by atoms with Gasteiger partial charge in [0.05, 0.1) is 22.3 Å². The second kappa shape index (κ2) is 11.1. The molecule has 0 atom stereocenters. The van der Waals surface area contributed by atoms with E-state index in [1.54, 1.807) is 42.5 Å². The molecule has 184 valence electrons. The van der Waals surface area contributed by atoms with Gasteiger partial charge in [0.2, 0.25) is 0 Å². The topological polar surface area (TPSA) is 67.9 Å². The normalized spacial score (nSPS) is 14.7. The van der Waals surface area contributed by atoms with Gasteiger partial charge in [-0.3, -0.25) is 14.9 Å². The van der Waals surface area contributed by atoms with Crippen molar-refractivity contribution >= 4 is 64.1 Å². The van der Waals surface area contributed by atoms with Crippen LogP contribution in [-0.2, 0) is 16.2 Å². The van der Waals surface area contributed by atoms with Crippen LogP contribution in [0.15, 0.2) is 66.2 Å². The van der Waals surface area contributed by atoms with Gasteiger partial charge in [-0.15, -0.1) is 0 Å². The van der Waals surface area contributed by atoms with Gasteiger partial charge >= 0.3 is 0 Å². The number of hydrogen-bond donors (Lipinski definition) is 1. The van der Waals surface area contributed by atoms with Crippen LogP contribution in [0.1, 0.15) is 18.1 Å². The highest BCUT2D eigenvalue weighted by Crippen LogP contribution is 2.32. The number of carbonyl (C=O) groups is 2. The predicted octanol–water partition coefficient (Wildman–Crippen LogP) is 5.94. The van der Waals surface area contributed by atoms with Crippen LogP contribution >= 0.6 is 35.4 Å². The van der Waals surface area contributed by atoms with Crippen LogP contribution in [-0.4, -0.2) is 23.5 Å². The largest absolute Gasteiger partial charge is 0.490 e. The van der Waals surface area contributed by atoms with Gasteiger partial charge in [0, 0.05) is 0 Å². The number of hydrogen-bond acceptors (Lipinski definition) is 5. The number of halogens is 3. The molecule has 1 N–H and O–H groups in total. The Morgan fingerprint density at radius 3 is 2.50 bits per heavy atom. The van der Waals surface area contributed by atoms with E-state index < -0.39 is 17.6 Å². The van der Waals surface area contributed by atoms with E-state index in [1.165, 1.54) is 24.3 Å². The van der Waals surface area contributed by atoms with Crippen LogP contribution in [0.2, 0.25) is 10.0 Å². The third-order valence-electron chi connectivity index (χ3n) is 5.15. The van der Waals surface area contributed by atoms with E-state index in [-0.39, 0.29) is 23.0 Å². The van der Waals surface area contributed by atoms with E-state index in [1.807, 2.05) is 6.92 Å². The van der Waals surface area contributed by atoms with Crippen LogP contribution in [0.25, 0.3) is 6.08 Å². The molecule has 0 aromatic heterocycles. The number of carbonyl (C=O) groups excluding carboxylic acids is 2. The Morgan fingerprint density at radius 2 is 1.78 bits per heavy atom. The van der Waals surface area contributed by atoms with E-state index in [4.69, 9.17) is 44.9 Å². The number of nitrogens with zero attached hydrogens (tertiary/aromatic N) is 1. The first-order chi connectivity index (χ1) is 17.3. The van der Waals surface area contributed by atoms with E-state index in [0.717, 1.165) is 10.5 Å². The van der Waals surface area contributed by atoms with Crippen molar-refractivity contribution in [3.05, 3.63) is 93.2 Å². The maximum absolute atomic E-state index is 14.4. The van der Waals surface area contributed by atoms with Gasteiger partial charge in [0.15, 0.2) is 16.6 Å². The molecule has 36 heavy (non-hydrogen) atoms. The van der Waals surface area contributed by atoms with E-state index in [2.05, 4.69) is 5.32 Å². The Labute approximate surface area is 222 Å². The van der Waals surface area contributed by atoms with Crippen molar-refractivity contribution in [2.24, 2.45) is 0 Å². The lowest BCUT2D eigenvalue weighted by atomic mass is 10.1. The summed E-state index contributed by atoms with van der Waals surface area (Å²) in [5.74, 6) is -1.20. The van der Waals surface area contributed by atoms with Crippen LogP contribution in [0.5, 0.6) is 11.5 Å². The lowest BCUT2D eigenvalue weighted by Crippen LogP contribution is -2.54. The quantitative estimate of drug-likeness (QED) is 0.226. The Bertz CT molecular complexity index is 1400. The van der Waals surface area contributed by atoms with Crippen molar-refractivity contribution in [1.29, 1.82) is 0 Å². The van der Waals surface area contributed by atoms with Crippen molar-refractivity contribution in [1.82, 2.24) is 5.32 Å². The molecule has 0 aliphatic carbocycles. The molecule has 3 aromatic rings. The van der Waals surface area contributed by atoms with Gasteiger partial charge in [0.1, 0.15) is 18.0 Å². The average molecular weight is 545 g/mol. The maximum atomic E-state index is 14.4. The zero-order valence-electron chi connectivity index (χ0n) is 18.9. The van der Waals surface area contributed by atoms with Crippen LogP contribution in [0.4, 0.5) is 10.1 Å². The summed E-state index contributed by atoms with van der Waals surface area (Å²) in [5.41, 5.74) is 1.05. The highest BCUT2D eigenvalue weighted by atomic mass is 35.5. The molecule has 1 fully saturated rings. The molecule has 1 aliphatic rings. The van der Waals surface area contributed by atoms with Crippen LogP contribution in [0, 0.1) is 5.82 Å². The molecule has 4 rings (SSSR count). The highest BCUT2D eigenvalue weighted by Gasteiger charge is 2.35. The molecule has 0 spiro atoms. The van der Waals surface area contributed by atoms with E-state index in [0.29, 0.717) is 33.7 Å². The number of amides is 2. The average Bonchev–Trinajstić information content (AvgIpc) is 2.84. The number of thiocarbonyl (C=S) groups is 1. The Kier molecular flexibility index (Phi) is 7.88. The summed E-state index contributed by atoms with van der Waals surface area (Å²) in [5, 5.41) is 3.11. The number of rotatable bonds is 7. The summed E-state index contributed by atoms with van der Waals surface area (Å²) in [6.07, 6.45) is 1.39. The fourth-order valence-corrected chi connectivity index (χ4v) is 4.06. The van der Waals surface area contributed by atoms with Gasteiger partial charge in [-0.25, -0.2) is 9.29 Å². The molecule has 1 heterocycles. The molecule has 3 aromatic carbocycles. The standard InChI is InChI=1S/C26H19Cl2FN2O4S/c1-2-34-23-13-15(8-10-22(23)35-14-16-7-9-18(27)19(28)12-16)11-17-24(32)30-26(36)31(25(17)33)21-6-4-3-5-20(21)29/h3-13H,2,14H2,1H3,(H,30,32,36)/b17-11+. The smallest absolute Gasteiger partial charge is 0.270 e. The van der Waals surface area contributed by atoms with Crippen molar-refractivity contribution in [3.8, 4) is 11.5 Å². The minimum absolute atomic E-state index is 0.0561. The second-order valence-corrected chi connectivity index (χ2v) is 8.79. The molecule has 0 bridgehead atoms. The maximum Gasteiger partial charge on any atom is 0.270 e. The molecule has 0 saturated carbocycles. The molecule has 1 saturated heterocycles. The summed E-state index contributed by atoms with van der Waals surface area (Å²) in [7, 11) is 0. The number of benzene rings is 3. The second-order valence-electron chi connectivity index (χ2n) is 7.59. The fraction of sp³-hybridized carbons (Fsp3) is 0.115. The zero-order chi connectivity index (χ0) is 25.8. The molecule has 1 aliphatic heterocycles. The number of para-hydroxylation sites is 1. The summed E-state index contributed by atoms with van der Waals surface area (Å²) >= 11 is 17.2. The first-order valence-corrected chi connectivity index (χ1v) is 11.9. The van der Waals surface area contributed by atoms with Gasteiger partial charge < -0.3 is 9.47 Å². The van der Waals surface area contributed by atoms with Crippen molar-refractivity contribution < 1.29 is 23.5 Å². The molecule has 0 radical (unpaired) electrons. The van der Waals surface area contributed by atoms with Crippen LogP contribution < -0.4 is 19.7 Å². The number of nitrogens with one attached hydrogen (secondary N) is 1. The van der Waals surface area contributed by atoms with E-state index in [9.17, 15) is 14.0 Å². The zero-order valence-corrected chi connectivity index (χ0v) is 21.2.